The summed E-state index contributed by atoms with van der Waals surface area (Å²) in [5.41, 5.74) is 1.48. The number of halogens is 1. The zero-order chi connectivity index (χ0) is 22.3. The van der Waals surface area contributed by atoms with Crippen LogP contribution in [0.3, 0.4) is 0 Å². The van der Waals surface area contributed by atoms with Crippen LogP contribution >= 0.6 is 0 Å². The molecule has 0 N–H and O–H groups in total. The van der Waals surface area contributed by atoms with E-state index in [0.717, 1.165) is 55.5 Å². The van der Waals surface area contributed by atoms with Crippen LogP contribution in [0, 0.1) is 5.82 Å². The van der Waals surface area contributed by atoms with Gasteiger partial charge in [-0.25, -0.2) is 4.39 Å². The van der Waals surface area contributed by atoms with Crippen molar-refractivity contribution < 1.29 is 23.2 Å². The fraction of sp³-hybridized carbons (Fsp3) is 0.360. The number of nitrogens with zero attached hydrogens (tertiary/aromatic N) is 2. The van der Waals surface area contributed by atoms with Gasteiger partial charge in [-0.2, -0.15) is 0 Å². The first-order valence-corrected chi connectivity index (χ1v) is 10.8. The van der Waals surface area contributed by atoms with E-state index in [9.17, 15) is 9.18 Å². The molecule has 0 spiro atoms. The van der Waals surface area contributed by atoms with Gasteiger partial charge in [0.15, 0.2) is 11.5 Å². The molecule has 3 aromatic rings. The van der Waals surface area contributed by atoms with Crippen molar-refractivity contribution in [3.63, 3.8) is 0 Å². The average molecular weight is 438 g/mol. The number of methoxy groups -OCH3 is 1. The van der Waals surface area contributed by atoms with Crippen LogP contribution in [0.25, 0.3) is 10.9 Å². The largest absolute Gasteiger partial charge is 0.493 e. The van der Waals surface area contributed by atoms with Crippen molar-refractivity contribution in [2.45, 2.75) is 25.2 Å². The van der Waals surface area contributed by atoms with Gasteiger partial charge in [0.1, 0.15) is 30.0 Å². The van der Waals surface area contributed by atoms with E-state index in [2.05, 4.69) is 16.1 Å². The molecule has 2 aromatic carbocycles. The Balaban J connectivity index is 1.23. The second-order valence-corrected chi connectivity index (χ2v) is 7.92. The van der Waals surface area contributed by atoms with E-state index in [1.165, 1.54) is 12.1 Å². The molecule has 1 fully saturated rings. The number of ether oxygens (including phenoxy) is 2. The molecule has 0 radical (unpaired) electrons. The average Bonchev–Trinajstić information content (AvgIpc) is 3.23. The molecule has 6 nitrogen and oxygen atoms in total. The first-order chi connectivity index (χ1) is 15.7. The SMILES string of the molecule is COc1cc(CC=O)ccc1OC/C=C\CN1CCC(c2onc3cc(F)ccc23)CC1. The quantitative estimate of drug-likeness (QED) is 0.361. The molecule has 0 amide bonds. The van der Waals surface area contributed by atoms with Crippen molar-refractivity contribution in [2.75, 3.05) is 33.4 Å². The summed E-state index contributed by atoms with van der Waals surface area (Å²) in [5.74, 6) is 2.17. The highest BCUT2D eigenvalue weighted by molar-refractivity contribution is 5.80. The standard InChI is InChI=1S/C25H27FN2O4/c1-30-24-16-18(10-14-29)4-7-23(24)31-15-3-2-11-28-12-8-19(9-13-28)25-21-6-5-20(26)17-22(21)27-32-25/h2-7,14,16-17,19H,8-13,15H2,1H3/b3-2-. The topological polar surface area (TPSA) is 64.8 Å². The summed E-state index contributed by atoms with van der Waals surface area (Å²) in [7, 11) is 1.59. The van der Waals surface area contributed by atoms with Crippen LogP contribution in [-0.4, -0.2) is 49.7 Å². The third-order valence-electron chi connectivity index (χ3n) is 5.84. The van der Waals surface area contributed by atoms with Gasteiger partial charge in [0.2, 0.25) is 0 Å². The number of hydrogen-bond donors (Lipinski definition) is 0. The molecule has 4 rings (SSSR count). The predicted molar refractivity (Wildman–Crippen MR) is 120 cm³/mol. The molecule has 2 heterocycles. The van der Waals surface area contributed by atoms with Crippen molar-refractivity contribution in [3.8, 4) is 11.5 Å². The molecule has 168 valence electrons. The number of hydrogen-bond acceptors (Lipinski definition) is 6. The van der Waals surface area contributed by atoms with E-state index in [1.807, 2.05) is 24.3 Å². The lowest BCUT2D eigenvalue weighted by Gasteiger charge is -2.30. The van der Waals surface area contributed by atoms with Crippen LogP contribution < -0.4 is 9.47 Å². The van der Waals surface area contributed by atoms with Crippen LogP contribution in [0.4, 0.5) is 4.39 Å². The maximum absolute atomic E-state index is 13.4. The summed E-state index contributed by atoms with van der Waals surface area (Å²) in [6.07, 6.45) is 7.31. The fourth-order valence-electron chi connectivity index (χ4n) is 4.09. The molecule has 0 saturated carbocycles. The molecule has 1 saturated heterocycles. The fourth-order valence-corrected chi connectivity index (χ4v) is 4.09. The summed E-state index contributed by atoms with van der Waals surface area (Å²) in [6.45, 7) is 3.23. The Hall–Kier alpha value is -3.19. The molecule has 32 heavy (non-hydrogen) atoms. The lowest BCUT2D eigenvalue weighted by atomic mass is 9.92. The Morgan fingerprint density at radius 1 is 1.16 bits per heavy atom. The monoisotopic (exact) mass is 438 g/mol. The van der Waals surface area contributed by atoms with Gasteiger partial charge in [-0.1, -0.05) is 23.4 Å². The van der Waals surface area contributed by atoms with Crippen LogP contribution in [0.15, 0.2) is 53.1 Å². The maximum Gasteiger partial charge on any atom is 0.161 e. The molecule has 0 atom stereocenters. The number of rotatable bonds is 9. The van der Waals surface area contributed by atoms with Crippen LogP contribution in [0.2, 0.25) is 0 Å². The Morgan fingerprint density at radius 2 is 2.00 bits per heavy atom. The number of aldehydes is 1. The number of carbonyl (C=O) groups is 1. The third kappa shape index (κ3) is 5.16. The number of piperidine rings is 1. The Morgan fingerprint density at radius 3 is 2.78 bits per heavy atom. The van der Waals surface area contributed by atoms with Gasteiger partial charge >= 0.3 is 0 Å². The van der Waals surface area contributed by atoms with Crippen molar-refractivity contribution in [1.29, 1.82) is 0 Å². The molecule has 1 aliphatic heterocycles. The van der Waals surface area contributed by atoms with E-state index >= 15 is 0 Å². The van der Waals surface area contributed by atoms with Crippen molar-refractivity contribution >= 4 is 17.2 Å². The van der Waals surface area contributed by atoms with Gasteiger partial charge in [0.25, 0.3) is 0 Å². The van der Waals surface area contributed by atoms with Gasteiger partial charge < -0.3 is 18.8 Å². The van der Waals surface area contributed by atoms with E-state index < -0.39 is 0 Å². The molecule has 0 unspecified atom stereocenters. The molecular formula is C25H27FN2O4. The van der Waals surface area contributed by atoms with Crippen LogP contribution in [0.5, 0.6) is 11.5 Å². The lowest BCUT2D eigenvalue weighted by molar-refractivity contribution is -0.107. The second kappa shape index (κ2) is 10.4. The number of aromatic nitrogens is 1. The van der Waals surface area contributed by atoms with Crippen molar-refractivity contribution in [2.24, 2.45) is 0 Å². The zero-order valence-electron chi connectivity index (χ0n) is 18.1. The predicted octanol–water partition coefficient (Wildman–Crippen LogP) is 4.53. The first-order valence-electron chi connectivity index (χ1n) is 10.8. The summed E-state index contributed by atoms with van der Waals surface area (Å²) in [5, 5.41) is 4.93. The summed E-state index contributed by atoms with van der Waals surface area (Å²) in [4.78, 5) is 13.1. The summed E-state index contributed by atoms with van der Waals surface area (Å²) < 4.78 is 30.1. The number of carbonyl (C=O) groups excluding carboxylic acids is 1. The van der Waals surface area contributed by atoms with Gasteiger partial charge in [-0.15, -0.1) is 0 Å². The number of fused-ring (bicyclic) bond motifs is 1. The van der Waals surface area contributed by atoms with E-state index in [4.69, 9.17) is 14.0 Å². The Bertz CT molecular complexity index is 1090. The molecular weight excluding hydrogens is 411 g/mol. The minimum atomic E-state index is -0.295. The second-order valence-electron chi connectivity index (χ2n) is 7.92. The summed E-state index contributed by atoms with van der Waals surface area (Å²) in [6, 6.07) is 10.2. The Labute approximate surface area is 186 Å². The number of benzene rings is 2. The molecule has 1 aromatic heterocycles. The number of likely N-dealkylation sites (tertiary alicyclic amines) is 1. The molecule has 1 aliphatic rings. The molecule has 0 aliphatic carbocycles. The third-order valence-corrected chi connectivity index (χ3v) is 5.84. The highest BCUT2D eigenvalue weighted by Crippen LogP contribution is 2.33. The molecule has 7 heteroatoms. The van der Waals surface area contributed by atoms with Crippen LogP contribution in [0.1, 0.15) is 30.1 Å². The van der Waals surface area contributed by atoms with Crippen LogP contribution in [-0.2, 0) is 11.2 Å². The minimum absolute atomic E-state index is 0.295. The highest BCUT2D eigenvalue weighted by atomic mass is 19.1. The van der Waals surface area contributed by atoms with Gasteiger partial charge in [0, 0.05) is 30.3 Å². The van der Waals surface area contributed by atoms with E-state index in [-0.39, 0.29) is 5.82 Å². The van der Waals surface area contributed by atoms with Crippen molar-refractivity contribution in [1.82, 2.24) is 10.1 Å². The molecule has 0 bridgehead atoms. The first kappa shape index (κ1) is 22.0. The maximum atomic E-state index is 13.4. The van der Waals surface area contributed by atoms with E-state index in [1.54, 1.807) is 13.2 Å². The Kier molecular flexibility index (Phi) is 7.17. The highest BCUT2D eigenvalue weighted by Gasteiger charge is 2.25. The normalized spacial score (nSPS) is 15.4. The zero-order valence-corrected chi connectivity index (χ0v) is 18.1. The smallest absolute Gasteiger partial charge is 0.161 e. The van der Waals surface area contributed by atoms with Gasteiger partial charge in [0.05, 0.1) is 7.11 Å². The van der Waals surface area contributed by atoms with E-state index in [0.29, 0.717) is 36.0 Å². The minimum Gasteiger partial charge on any atom is -0.493 e. The summed E-state index contributed by atoms with van der Waals surface area (Å²) >= 11 is 0. The lowest BCUT2D eigenvalue weighted by Crippen LogP contribution is -2.33. The van der Waals surface area contributed by atoms with Crippen molar-refractivity contribution in [3.05, 3.63) is 65.7 Å². The van der Waals surface area contributed by atoms with Gasteiger partial charge in [-0.3, -0.25) is 4.90 Å². The van der Waals surface area contributed by atoms with Gasteiger partial charge in [-0.05, 0) is 55.8 Å².